The molecule has 2 heterocycles. The summed E-state index contributed by atoms with van der Waals surface area (Å²) in [5.74, 6) is -0.249. The van der Waals surface area contributed by atoms with Crippen molar-refractivity contribution < 1.29 is 9.18 Å². The first kappa shape index (κ1) is 16.9. The molecule has 4 nitrogen and oxygen atoms in total. The number of benzene rings is 1. The standard InChI is InChI=1S/C18H22FN3OS/c1-21(2)17(14-6-8-24-12-14)5-7-20-18(23)22-10-13-3-4-16(19)9-15(13)11-22/h3-4,6,8-9,12,17H,5,7,10-11H2,1-2H3,(H,20,23)/t17-/m0/s1. The van der Waals surface area contributed by atoms with Crippen LogP contribution in [-0.2, 0) is 13.1 Å². The Hall–Kier alpha value is -1.92. The topological polar surface area (TPSA) is 35.6 Å². The number of nitrogens with one attached hydrogen (secondary N) is 1. The summed E-state index contributed by atoms with van der Waals surface area (Å²) in [7, 11) is 4.10. The van der Waals surface area contributed by atoms with E-state index in [2.05, 4.69) is 41.1 Å². The molecule has 2 aromatic rings. The lowest BCUT2D eigenvalue weighted by atomic mass is 10.1. The van der Waals surface area contributed by atoms with Gasteiger partial charge in [-0.05, 0) is 66.2 Å². The molecule has 0 fully saturated rings. The van der Waals surface area contributed by atoms with Gasteiger partial charge in [0, 0.05) is 25.7 Å². The molecule has 0 radical (unpaired) electrons. The predicted octanol–water partition coefficient (Wildman–Crippen LogP) is 3.61. The number of hydrogen-bond acceptors (Lipinski definition) is 3. The number of carbonyl (C=O) groups is 1. The van der Waals surface area contributed by atoms with Crippen LogP contribution in [0.3, 0.4) is 0 Å². The number of nitrogens with zero attached hydrogens (tertiary/aromatic N) is 2. The van der Waals surface area contributed by atoms with E-state index in [0.717, 1.165) is 17.5 Å². The van der Waals surface area contributed by atoms with E-state index in [9.17, 15) is 9.18 Å². The third-order valence-electron chi connectivity index (χ3n) is 4.42. The van der Waals surface area contributed by atoms with E-state index in [1.165, 1.54) is 17.7 Å². The van der Waals surface area contributed by atoms with Gasteiger partial charge >= 0.3 is 6.03 Å². The van der Waals surface area contributed by atoms with Gasteiger partial charge in [0.1, 0.15) is 5.82 Å². The Labute approximate surface area is 145 Å². The van der Waals surface area contributed by atoms with Crippen LogP contribution in [0, 0.1) is 5.82 Å². The second-order valence-corrected chi connectivity index (χ2v) is 7.11. The molecule has 0 bridgehead atoms. The molecule has 1 aliphatic heterocycles. The number of rotatable bonds is 5. The number of fused-ring (bicyclic) bond motifs is 1. The van der Waals surface area contributed by atoms with Crippen molar-refractivity contribution in [3.63, 3.8) is 0 Å². The molecular formula is C18H22FN3OS. The fourth-order valence-corrected chi connectivity index (χ4v) is 3.83. The van der Waals surface area contributed by atoms with Gasteiger partial charge in [0.2, 0.25) is 0 Å². The van der Waals surface area contributed by atoms with Crippen molar-refractivity contribution in [1.82, 2.24) is 15.1 Å². The average molecular weight is 347 g/mol. The fraction of sp³-hybridized carbons (Fsp3) is 0.389. The molecule has 0 saturated heterocycles. The molecule has 0 unspecified atom stereocenters. The second-order valence-electron chi connectivity index (χ2n) is 6.33. The van der Waals surface area contributed by atoms with Crippen LogP contribution in [0.2, 0.25) is 0 Å². The molecule has 128 valence electrons. The minimum atomic E-state index is -0.249. The zero-order chi connectivity index (χ0) is 17.1. The molecule has 0 aliphatic carbocycles. The van der Waals surface area contributed by atoms with Gasteiger partial charge in [0.05, 0.1) is 0 Å². The Morgan fingerprint density at radius 2 is 2.12 bits per heavy atom. The maximum Gasteiger partial charge on any atom is 0.318 e. The number of hydrogen-bond donors (Lipinski definition) is 1. The SMILES string of the molecule is CN(C)[C@@H](CCNC(=O)N1Cc2ccc(F)cc2C1)c1ccsc1. The van der Waals surface area contributed by atoms with Crippen molar-refractivity contribution in [3.8, 4) is 0 Å². The van der Waals surface area contributed by atoms with Crippen LogP contribution in [0.5, 0.6) is 0 Å². The quantitative estimate of drug-likeness (QED) is 0.897. The monoisotopic (exact) mass is 347 g/mol. The maximum absolute atomic E-state index is 13.3. The van der Waals surface area contributed by atoms with Crippen molar-refractivity contribution in [2.45, 2.75) is 25.6 Å². The number of amides is 2. The lowest BCUT2D eigenvalue weighted by Gasteiger charge is -2.24. The Morgan fingerprint density at radius 3 is 2.83 bits per heavy atom. The first-order valence-electron chi connectivity index (χ1n) is 8.03. The molecule has 2 amide bonds. The van der Waals surface area contributed by atoms with E-state index in [1.54, 1.807) is 22.3 Å². The van der Waals surface area contributed by atoms with Crippen molar-refractivity contribution in [2.75, 3.05) is 20.6 Å². The van der Waals surface area contributed by atoms with Gasteiger partial charge in [-0.3, -0.25) is 0 Å². The molecule has 24 heavy (non-hydrogen) atoms. The van der Waals surface area contributed by atoms with Crippen LogP contribution in [0.25, 0.3) is 0 Å². The van der Waals surface area contributed by atoms with Gasteiger partial charge in [-0.2, -0.15) is 11.3 Å². The van der Waals surface area contributed by atoms with Gasteiger partial charge in [-0.15, -0.1) is 0 Å². The van der Waals surface area contributed by atoms with Crippen LogP contribution < -0.4 is 5.32 Å². The minimum absolute atomic E-state index is 0.0885. The zero-order valence-corrected chi connectivity index (χ0v) is 14.8. The van der Waals surface area contributed by atoms with Crippen LogP contribution in [-0.4, -0.2) is 36.5 Å². The Kier molecular flexibility index (Phi) is 5.16. The van der Waals surface area contributed by atoms with Gasteiger partial charge in [0.25, 0.3) is 0 Å². The van der Waals surface area contributed by atoms with Crippen LogP contribution in [0.15, 0.2) is 35.0 Å². The summed E-state index contributed by atoms with van der Waals surface area (Å²) in [4.78, 5) is 16.2. The average Bonchev–Trinajstić information content (AvgIpc) is 3.19. The summed E-state index contributed by atoms with van der Waals surface area (Å²) < 4.78 is 13.3. The Balaban J connectivity index is 1.51. The number of halogens is 1. The largest absolute Gasteiger partial charge is 0.338 e. The summed E-state index contributed by atoms with van der Waals surface area (Å²) in [5, 5.41) is 7.22. The van der Waals surface area contributed by atoms with Crippen molar-refractivity contribution in [2.24, 2.45) is 0 Å². The fourth-order valence-electron chi connectivity index (χ4n) is 3.12. The molecule has 1 N–H and O–H groups in total. The molecule has 6 heteroatoms. The third-order valence-corrected chi connectivity index (χ3v) is 5.12. The van der Waals surface area contributed by atoms with Gasteiger partial charge < -0.3 is 15.1 Å². The molecule has 1 aromatic heterocycles. The summed E-state index contributed by atoms with van der Waals surface area (Å²) in [6.07, 6.45) is 0.852. The van der Waals surface area contributed by atoms with Crippen LogP contribution >= 0.6 is 11.3 Å². The lowest BCUT2D eigenvalue weighted by molar-refractivity contribution is 0.196. The first-order valence-corrected chi connectivity index (χ1v) is 8.97. The highest BCUT2D eigenvalue weighted by Gasteiger charge is 2.23. The van der Waals surface area contributed by atoms with E-state index < -0.39 is 0 Å². The molecule has 3 rings (SSSR count). The highest BCUT2D eigenvalue weighted by molar-refractivity contribution is 7.07. The predicted molar refractivity (Wildman–Crippen MR) is 94.4 cm³/mol. The zero-order valence-electron chi connectivity index (χ0n) is 14.0. The molecular weight excluding hydrogens is 325 g/mol. The number of carbonyl (C=O) groups excluding carboxylic acids is 1. The van der Waals surface area contributed by atoms with Gasteiger partial charge in [-0.25, -0.2) is 9.18 Å². The van der Waals surface area contributed by atoms with Crippen molar-refractivity contribution in [3.05, 3.63) is 57.5 Å². The molecule has 1 aromatic carbocycles. The normalized spacial score (nSPS) is 14.8. The van der Waals surface area contributed by atoms with E-state index in [4.69, 9.17) is 0 Å². The summed E-state index contributed by atoms with van der Waals surface area (Å²) in [6.45, 7) is 1.63. The molecule has 1 aliphatic rings. The molecule has 1 atom stereocenters. The van der Waals surface area contributed by atoms with Crippen LogP contribution in [0.4, 0.5) is 9.18 Å². The summed E-state index contributed by atoms with van der Waals surface area (Å²) >= 11 is 1.69. The summed E-state index contributed by atoms with van der Waals surface area (Å²) in [5.41, 5.74) is 3.20. The van der Waals surface area contributed by atoms with E-state index in [-0.39, 0.29) is 11.8 Å². The minimum Gasteiger partial charge on any atom is -0.338 e. The van der Waals surface area contributed by atoms with Gasteiger partial charge in [-0.1, -0.05) is 6.07 Å². The molecule has 0 spiro atoms. The highest BCUT2D eigenvalue weighted by Crippen LogP contribution is 2.25. The molecule has 0 saturated carbocycles. The Bertz CT molecular complexity index is 702. The highest BCUT2D eigenvalue weighted by atomic mass is 32.1. The van der Waals surface area contributed by atoms with E-state index >= 15 is 0 Å². The van der Waals surface area contributed by atoms with Crippen molar-refractivity contribution in [1.29, 1.82) is 0 Å². The number of urea groups is 1. The van der Waals surface area contributed by atoms with Crippen molar-refractivity contribution >= 4 is 17.4 Å². The maximum atomic E-state index is 13.3. The first-order chi connectivity index (χ1) is 11.5. The number of thiophene rings is 1. The third kappa shape index (κ3) is 3.76. The van der Waals surface area contributed by atoms with Crippen LogP contribution in [0.1, 0.15) is 29.2 Å². The van der Waals surface area contributed by atoms with Gasteiger partial charge in [0.15, 0.2) is 0 Å². The second kappa shape index (κ2) is 7.32. The smallest absolute Gasteiger partial charge is 0.318 e. The van der Waals surface area contributed by atoms with E-state index in [1.807, 2.05) is 0 Å². The Morgan fingerprint density at radius 1 is 1.33 bits per heavy atom. The lowest BCUT2D eigenvalue weighted by Crippen LogP contribution is -2.38. The summed E-state index contributed by atoms with van der Waals surface area (Å²) in [6, 6.07) is 7.06. The van der Waals surface area contributed by atoms with E-state index in [0.29, 0.717) is 25.7 Å².